The molecule has 2 N–H and O–H groups in total. The third-order valence-corrected chi connectivity index (χ3v) is 4.97. The summed E-state index contributed by atoms with van der Waals surface area (Å²) in [5, 5.41) is 5.52. The highest BCUT2D eigenvalue weighted by molar-refractivity contribution is 5.67. The second kappa shape index (κ2) is 11.6. The lowest BCUT2D eigenvalue weighted by atomic mass is 10.2. The second-order valence-electron chi connectivity index (χ2n) is 8.89. The minimum atomic E-state index is -4.45. The summed E-state index contributed by atoms with van der Waals surface area (Å²) in [7, 11) is 1.63. The zero-order valence-corrected chi connectivity index (χ0v) is 19.3. The number of hydrogen-bond donors (Lipinski definition) is 2. The van der Waals surface area contributed by atoms with Crippen molar-refractivity contribution in [3.8, 4) is 0 Å². The monoisotopic (exact) mass is 460 g/mol. The van der Waals surface area contributed by atoms with Crippen molar-refractivity contribution in [2.24, 2.45) is 0 Å². The van der Waals surface area contributed by atoms with Gasteiger partial charge in [0.25, 0.3) is 0 Å². The highest BCUT2D eigenvalue weighted by Gasteiger charge is 2.37. The number of aromatic nitrogens is 1. The summed E-state index contributed by atoms with van der Waals surface area (Å²) < 4.78 is 51.2. The van der Waals surface area contributed by atoms with Crippen molar-refractivity contribution >= 4 is 17.7 Å². The van der Waals surface area contributed by atoms with Gasteiger partial charge in [-0.2, -0.15) is 13.2 Å². The smallest absolute Gasteiger partial charge is 0.419 e. The van der Waals surface area contributed by atoms with E-state index in [1.54, 1.807) is 11.9 Å². The molecule has 0 saturated carbocycles. The number of halogens is 3. The van der Waals surface area contributed by atoms with Gasteiger partial charge < -0.3 is 25.0 Å². The SMILES string of the molecule is CNc1ccc(C(F)(F)F)c(N2CCC(OCCCCCCNC(=O)OC(C)(C)C)C2)n1. The van der Waals surface area contributed by atoms with E-state index in [2.05, 4.69) is 15.6 Å². The maximum absolute atomic E-state index is 13.4. The number of anilines is 2. The number of ether oxygens (including phenoxy) is 2. The topological polar surface area (TPSA) is 75.7 Å². The Morgan fingerprint density at radius 1 is 1.19 bits per heavy atom. The van der Waals surface area contributed by atoms with E-state index in [0.717, 1.165) is 31.7 Å². The molecule has 10 heteroatoms. The Morgan fingerprint density at radius 2 is 1.91 bits per heavy atom. The molecule has 32 heavy (non-hydrogen) atoms. The van der Waals surface area contributed by atoms with Gasteiger partial charge in [-0.05, 0) is 52.2 Å². The summed E-state index contributed by atoms with van der Waals surface area (Å²) in [5.74, 6) is 0.353. The number of unbranched alkanes of at least 4 members (excludes halogenated alkanes) is 3. The lowest BCUT2D eigenvalue weighted by Gasteiger charge is -2.22. The Balaban J connectivity index is 1.66. The highest BCUT2D eigenvalue weighted by Crippen LogP contribution is 2.37. The van der Waals surface area contributed by atoms with Gasteiger partial charge in [-0.1, -0.05) is 12.8 Å². The molecule has 2 heterocycles. The van der Waals surface area contributed by atoms with Gasteiger partial charge in [-0.25, -0.2) is 9.78 Å². The molecule has 0 spiro atoms. The van der Waals surface area contributed by atoms with Crippen LogP contribution in [0.25, 0.3) is 0 Å². The fraction of sp³-hybridized carbons (Fsp3) is 0.727. The average Bonchev–Trinajstić information content (AvgIpc) is 3.16. The van der Waals surface area contributed by atoms with Crippen LogP contribution >= 0.6 is 0 Å². The maximum Gasteiger partial charge on any atom is 0.419 e. The molecule has 1 aliphatic heterocycles. The normalized spacial score (nSPS) is 16.8. The first kappa shape index (κ1) is 26.0. The Hall–Kier alpha value is -2.23. The maximum atomic E-state index is 13.4. The molecule has 1 amide bonds. The molecular formula is C22H35F3N4O3. The average molecular weight is 461 g/mol. The fourth-order valence-corrected chi connectivity index (χ4v) is 3.44. The molecule has 1 unspecified atom stereocenters. The summed E-state index contributed by atoms with van der Waals surface area (Å²) in [5.41, 5.74) is -1.23. The lowest BCUT2D eigenvalue weighted by molar-refractivity contribution is -0.137. The van der Waals surface area contributed by atoms with E-state index >= 15 is 0 Å². The molecule has 182 valence electrons. The number of hydrogen-bond acceptors (Lipinski definition) is 6. The first-order valence-electron chi connectivity index (χ1n) is 11.1. The molecule has 2 rings (SSSR count). The number of carbonyl (C=O) groups excluding carboxylic acids is 1. The predicted molar refractivity (Wildman–Crippen MR) is 118 cm³/mol. The first-order chi connectivity index (χ1) is 15.0. The zero-order chi connectivity index (χ0) is 23.8. The van der Waals surface area contributed by atoms with E-state index in [9.17, 15) is 18.0 Å². The summed E-state index contributed by atoms with van der Waals surface area (Å²) in [4.78, 5) is 17.3. The summed E-state index contributed by atoms with van der Waals surface area (Å²) in [6.07, 6.45) is -0.676. The highest BCUT2D eigenvalue weighted by atomic mass is 19.4. The van der Waals surface area contributed by atoms with Gasteiger partial charge in [-0.3, -0.25) is 0 Å². The Labute approximate surface area is 188 Å². The number of amides is 1. The van der Waals surface area contributed by atoms with Crippen molar-refractivity contribution in [2.75, 3.05) is 43.5 Å². The number of nitrogens with one attached hydrogen (secondary N) is 2. The molecule has 0 radical (unpaired) electrons. The van der Waals surface area contributed by atoms with E-state index in [1.807, 2.05) is 20.8 Å². The van der Waals surface area contributed by atoms with Crippen LogP contribution in [0.5, 0.6) is 0 Å². The number of alkyl carbamates (subject to hydrolysis) is 1. The standard InChI is InChI=1S/C22H35F3N4O3/c1-21(2,3)32-20(30)27-12-7-5-6-8-14-31-16-11-13-29(15-16)19-17(22(23,24)25)9-10-18(26-4)28-19/h9-10,16H,5-8,11-15H2,1-4H3,(H,26,28)(H,27,30). The minimum Gasteiger partial charge on any atom is -0.444 e. The lowest BCUT2D eigenvalue weighted by Crippen LogP contribution is -2.32. The summed E-state index contributed by atoms with van der Waals surface area (Å²) in [6.45, 7) is 7.46. The molecular weight excluding hydrogens is 425 g/mol. The van der Waals surface area contributed by atoms with Crippen molar-refractivity contribution in [3.05, 3.63) is 17.7 Å². The van der Waals surface area contributed by atoms with Gasteiger partial charge in [-0.15, -0.1) is 0 Å². The van der Waals surface area contributed by atoms with Crippen LogP contribution in [0, 0.1) is 0 Å². The van der Waals surface area contributed by atoms with Gasteiger partial charge in [0.15, 0.2) is 0 Å². The Kier molecular flexibility index (Phi) is 9.42. The molecule has 1 fully saturated rings. The molecule has 1 aromatic rings. The quantitative estimate of drug-likeness (QED) is 0.488. The van der Waals surface area contributed by atoms with Crippen molar-refractivity contribution in [2.45, 2.75) is 70.8 Å². The van der Waals surface area contributed by atoms with Crippen LogP contribution in [0.1, 0.15) is 58.4 Å². The zero-order valence-electron chi connectivity index (χ0n) is 19.3. The number of rotatable bonds is 10. The van der Waals surface area contributed by atoms with Gasteiger partial charge in [0, 0.05) is 33.3 Å². The van der Waals surface area contributed by atoms with Crippen LogP contribution in [0.2, 0.25) is 0 Å². The third kappa shape index (κ3) is 8.72. The third-order valence-electron chi connectivity index (χ3n) is 4.97. The molecule has 0 aromatic carbocycles. The van der Waals surface area contributed by atoms with E-state index < -0.39 is 23.4 Å². The van der Waals surface area contributed by atoms with Crippen molar-refractivity contribution < 1.29 is 27.4 Å². The van der Waals surface area contributed by atoms with Crippen LogP contribution in [0.3, 0.4) is 0 Å². The Bertz CT molecular complexity index is 738. The largest absolute Gasteiger partial charge is 0.444 e. The van der Waals surface area contributed by atoms with Crippen LogP contribution < -0.4 is 15.5 Å². The van der Waals surface area contributed by atoms with Gasteiger partial charge in [0.1, 0.15) is 17.2 Å². The number of alkyl halides is 3. The molecule has 1 aromatic heterocycles. The molecule has 7 nitrogen and oxygen atoms in total. The summed E-state index contributed by atoms with van der Waals surface area (Å²) in [6, 6.07) is 2.40. The first-order valence-corrected chi connectivity index (χ1v) is 11.1. The van der Waals surface area contributed by atoms with E-state index in [1.165, 1.54) is 6.07 Å². The molecule has 0 bridgehead atoms. The van der Waals surface area contributed by atoms with E-state index in [-0.39, 0.29) is 11.9 Å². The summed E-state index contributed by atoms with van der Waals surface area (Å²) >= 11 is 0. The van der Waals surface area contributed by atoms with Crippen LogP contribution in [0.15, 0.2) is 12.1 Å². The molecule has 1 saturated heterocycles. The van der Waals surface area contributed by atoms with Crippen molar-refractivity contribution in [1.82, 2.24) is 10.3 Å². The van der Waals surface area contributed by atoms with Crippen molar-refractivity contribution in [1.29, 1.82) is 0 Å². The fourth-order valence-electron chi connectivity index (χ4n) is 3.44. The van der Waals surface area contributed by atoms with E-state index in [0.29, 0.717) is 38.5 Å². The van der Waals surface area contributed by atoms with Gasteiger partial charge in [0.2, 0.25) is 0 Å². The van der Waals surface area contributed by atoms with Crippen molar-refractivity contribution in [3.63, 3.8) is 0 Å². The van der Waals surface area contributed by atoms with Crippen LogP contribution in [0.4, 0.5) is 29.6 Å². The number of pyridine rings is 1. The minimum absolute atomic E-state index is 0.0482. The van der Waals surface area contributed by atoms with E-state index in [4.69, 9.17) is 9.47 Å². The number of carbonyl (C=O) groups is 1. The van der Waals surface area contributed by atoms with Gasteiger partial charge in [0.05, 0.1) is 11.7 Å². The Morgan fingerprint density at radius 3 is 2.56 bits per heavy atom. The second-order valence-corrected chi connectivity index (χ2v) is 8.89. The molecule has 1 atom stereocenters. The van der Waals surface area contributed by atoms with Crippen LogP contribution in [-0.2, 0) is 15.7 Å². The van der Waals surface area contributed by atoms with Crippen LogP contribution in [-0.4, -0.2) is 56.1 Å². The molecule has 1 aliphatic rings. The van der Waals surface area contributed by atoms with Gasteiger partial charge >= 0.3 is 12.3 Å². The molecule has 0 aliphatic carbocycles. The predicted octanol–water partition coefficient (Wildman–Crippen LogP) is 4.82. The number of nitrogens with zero attached hydrogens (tertiary/aromatic N) is 2.